The summed E-state index contributed by atoms with van der Waals surface area (Å²) < 4.78 is 8.09. The Labute approximate surface area is 238 Å². The minimum Gasteiger partial charge on any atom is -1.00 e. The second kappa shape index (κ2) is 11.7. The summed E-state index contributed by atoms with van der Waals surface area (Å²) in [7, 11) is 0. The molecule has 2 bridgehead atoms. The molecule has 39 heavy (non-hydrogen) atoms. The van der Waals surface area contributed by atoms with E-state index in [1.165, 1.54) is 0 Å². The summed E-state index contributed by atoms with van der Waals surface area (Å²) in [6.45, 7) is 2.87. The van der Waals surface area contributed by atoms with Crippen LogP contribution < -0.4 is 23.0 Å². The van der Waals surface area contributed by atoms with Crippen LogP contribution in [0, 0.1) is 5.92 Å². The average Bonchev–Trinajstić information content (AvgIpc) is 3.37. The zero-order valence-corrected chi connectivity index (χ0v) is 23.0. The van der Waals surface area contributed by atoms with Crippen LogP contribution in [0.2, 0.25) is 0 Å². The Balaban J connectivity index is 0.00000308. The van der Waals surface area contributed by atoms with E-state index in [1.807, 2.05) is 54.6 Å². The van der Waals surface area contributed by atoms with Crippen LogP contribution in [0.1, 0.15) is 24.4 Å². The maximum absolute atomic E-state index is 13.8. The van der Waals surface area contributed by atoms with Gasteiger partial charge in [0.25, 0.3) is 5.91 Å². The molecule has 3 fully saturated rings. The summed E-state index contributed by atoms with van der Waals surface area (Å²) in [6.07, 6.45) is 3.36. The van der Waals surface area contributed by atoms with E-state index in [-0.39, 0.29) is 30.4 Å². The molecule has 4 aromatic rings. The van der Waals surface area contributed by atoms with E-state index in [0.29, 0.717) is 29.3 Å². The van der Waals surface area contributed by atoms with Gasteiger partial charge in [-0.3, -0.25) is 4.79 Å². The molecule has 9 heteroatoms. The van der Waals surface area contributed by atoms with Gasteiger partial charge >= 0.3 is 5.97 Å². The molecule has 202 valence electrons. The van der Waals surface area contributed by atoms with Crippen molar-refractivity contribution in [2.75, 3.05) is 36.8 Å². The third kappa shape index (κ3) is 5.93. The number of hydrogen-bond donors (Lipinski definition) is 2. The quantitative estimate of drug-likeness (QED) is 0.254. The summed E-state index contributed by atoms with van der Waals surface area (Å²) in [5, 5.41) is 9.47. The van der Waals surface area contributed by atoms with Gasteiger partial charge in [0.2, 0.25) is 0 Å². The van der Waals surface area contributed by atoms with Crippen LogP contribution in [0.25, 0.3) is 10.1 Å². The summed E-state index contributed by atoms with van der Waals surface area (Å²) in [6, 6.07) is 22.8. The molecule has 2 aromatic carbocycles. The number of aromatic nitrogens is 1. The molecule has 1 unspecified atom stereocenters. The van der Waals surface area contributed by atoms with Gasteiger partial charge in [0.05, 0.1) is 13.1 Å². The van der Waals surface area contributed by atoms with Gasteiger partial charge in [0.15, 0.2) is 18.7 Å². The molecule has 7 nitrogen and oxygen atoms in total. The van der Waals surface area contributed by atoms with E-state index in [2.05, 4.69) is 33.1 Å². The molecule has 0 aliphatic carbocycles. The molecule has 0 saturated carbocycles. The Morgan fingerprint density at radius 3 is 2.51 bits per heavy atom. The Hall–Kier alpha value is -3.46. The maximum atomic E-state index is 13.8. The highest BCUT2D eigenvalue weighted by Crippen LogP contribution is 2.38. The second-order valence-corrected chi connectivity index (χ2v) is 11.2. The number of nitrogens with one attached hydrogen (secondary N) is 2. The Morgan fingerprint density at radius 1 is 1.00 bits per heavy atom. The van der Waals surface area contributed by atoms with Crippen LogP contribution in [0.15, 0.2) is 84.4 Å². The number of anilines is 2. The number of thiophene rings is 1. The predicted octanol–water partition coefficient (Wildman–Crippen LogP) is 2.24. The standard InChI is InChI=1S/C30H30N4O3S.ClH/c35-28(33-27-12-6-7-15-31-27)19-34-16-13-21(14-17-34)25(18-34)37-30(36)29(32-22-8-2-1-3-9-22)24-20-38-26-11-5-4-10-23(24)26;/h1-12,15,20-21,25,29,32H,13-14,16-19H2;1H/t21?,25-,29?,34?;/m0./s1. The smallest absolute Gasteiger partial charge is 0.333 e. The van der Waals surface area contributed by atoms with Gasteiger partial charge in [0, 0.05) is 40.9 Å². The first-order chi connectivity index (χ1) is 18.6. The Kier molecular flexibility index (Phi) is 8.16. The molecular formula is C30H31ClN4O3S. The zero-order valence-electron chi connectivity index (χ0n) is 21.5. The van der Waals surface area contributed by atoms with E-state index in [4.69, 9.17) is 4.74 Å². The lowest BCUT2D eigenvalue weighted by molar-refractivity contribution is -0.938. The molecule has 2 N–H and O–H groups in total. The third-order valence-corrected chi connectivity index (χ3v) is 8.84. The van der Waals surface area contributed by atoms with Gasteiger partial charge in [-0.1, -0.05) is 42.5 Å². The SMILES string of the molecule is O=C(C[N+]12CCC(CC1)[C@@H](OC(=O)C(Nc1ccccc1)c1csc3ccccc13)C2)Nc1ccccn1.[Cl-]. The number of amides is 1. The fourth-order valence-corrected chi connectivity index (χ4v) is 6.89. The molecule has 0 spiro atoms. The number of quaternary nitrogens is 1. The molecule has 2 aromatic heterocycles. The Bertz CT molecular complexity index is 1420. The highest BCUT2D eigenvalue weighted by Gasteiger charge is 2.49. The van der Waals surface area contributed by atoms with E-state index in [0.717, 1.165) is 47.3 Å². The molecule has 3 aliphatic rings. The largest absolute Gasteiger partial charge is 1.00 e. The first-order valence-corrected chi connectivity index (χ1v) is 14.0. The fourth-order valence-electron chi connectivity index (χ4n) is 5.90. The molecule has 3 saturated heterocycles. The summed E-state index contributed by atoms with van der Waals surface area (Å²) in [5.74, 6) is 0.563. The molecule has 0 radical (unpaired) electrons. The third-order valence-electron chi connectivity index (χ3n) is 7.86. The van der Waals surface area contributed by atoms with E-state index < -0.39 is 6.04 Å². The van der Waals surface area contributed by atoms with Crippen LogP contribution in [0.4, 0.5) is 11.5 Å². The number of fused-ring (bicyclic) bond motifs is 4. The van der Waals surface area contributed by atoms with Crippen molar-refractivity contribution in [1.29, 1.82) is 0 Å². The number of carbonyl (C=O) groups is 2. The van der Waals surface area contributed by atoms with Crippen LogP contribution >= 0.6 is 11.3 Å². The number of halogens is 1. The van der Waals surface area contributed by atoms with E-state index >= 15 is 0 Å². The summed E-state index contributed by atoms with van der Waals surface area (Å²) in [4.78, 5) is 30.9. The number of esters is 1. The molecule has 5 heterocycles. The lowest BCUT2D eigenvalue weighted by atomic mass is 9.83. The van der Waals surface area contributed by atoms with Crippen molar-refractivity contribution in [2.24, 2.45) is 5.92 Å². The average molecular weight is 563 g/mol. The Morgan fingerprint density at radius 2 is 1.74 bits per heavy atom. The van der Waals surface area contributed by atoms with Crippen molar-refractivity contribution in [3.63, 3.8) is 0 Å². The van der Waals surface area contributed by atoms with E-state index in [9.17, 15) is 9.59 Å². The summed E-state index contributed by atoms with van der Waals surface area (Å²) >= 11 is 1.63. The summed E-state index contributed by atoms with van der Waals surface area (Å²) in [5.41, 5.74) is 1.80. The first kappa shape index (κ1) is 27.1. The van der Waals surface area contributed by atoms with Gasteiger partial charge in [-0.05, 0) is 41.1 Å². The fraction of sp³-hybridized carbons (Fsp3) is 0.300. The van der Waals surface area contributed by atoms with E-state index in [1.54, 1.807) is 23.6 Å². The number of hydrogen-bond acceptors (Lipinski definition) is 6. The normalized spacial score (nSPS) is 22.5. The van der Waals surface area contributed by atoms with Crippen LogP contribution in [0.5, 0.6) is 0 Å². The number of pyridine rings is 1. The molecule has 1 amide bonds. The minimum atomic E-state index is -0.620. The molecule has 7 rings (SSSR count). The van der Waals surface area contributed by atoms with Crippen LogP contribution in [-0.4, -0.2) is 53.6 Å². The van der Waals surface area contributed by atoms with Crippen molar-refractivity contribution in [3.8, 4) is 0 Å². The van der Waals surface area contributed by atoms with Crippen molar-refractivity contribution in [1.82, 2.24) is 4.98 Å². The van der Waals surface area contributed by atoms with Gasteiger partial charge in [-0.15, -0.1) is 11.3 Å². The highest BCUT2D eigenvalue weighted by atomic mass is 35.5. The lowest BCUT2D eigenvalue weighted by Crippen LogP contribution is -3.00. The number of para-hydroxylation sites is 1. The van der Waals surface area contributed by atoms with Crippen LogP contribution in [-0.2, 0) is 14.3 Å². The zero-order chi connectivity index (χ0) is 26.0. The molecular weight excluding hydrogens is 532 g/mol. The van der Waals surface area contributed by atoms with Gasteiger partial charge in [0.1, 0.15) is 12.4 Å². The van der Waals surface area contributed by atoms with Gasteiger partial charge < -0.3 is 32.3 Å². The van der Waals surface area contributed by atoms with Crippen molar-refractivity contribution < 1.29 is 31.2 Å². The number of nitrogens with zero attached hydrogens (tertiary/aromatic N) is 2. The topological polar surface area (TPSA) is 80.3 Å². The maximum Gasteiger partial charge on any atom is 0.333 e. The number of piperidine rings is 3. The number of ether oxygens (including phenoxy) is 1. The predicted molar refractivity (Wildman–Crippen MR) is 150 cm³/mol. The van der Waals surface area contributed by atoms with Gasteiger partial charge in [-0.2, -0.15) is 0 Å². The van der Waals surface area contributed by atoms with Crippen molar-refractivity contribution in [2.45, 2.75) is 25.0 Å². The monoisotopic (exact) mass is 562 g/mol. The molecule has 3 aliphatic heterocycles. The first-order valence-electron chi connectivity index (χ1n) is 13.1. The van der Waals surface area contributed by atoms with Gasteiger partial charge in [-0.25, -0.2) is 9.78 Å². The molecule has 2 atom stereocenters. The second-order valence-electron chi connectivity index (χ2n) is 10.3. The number of carbonyl (C=O) groups excluding carboxylic acids is 2. The number of rotatable bonds is 8. The lowest BCUT2D eigenvalue weighted by Gasteiger charge is -2.51. The van der Waals surface area contributed by atoms with Crippen LogP contribution in [0.3, 0.4) is 0 Å². The number of benzene rings is 2. The van der Waals surface area contributed by atoms with Crippen molar-refractivity contribution >= 4 is 44.8 Å². The minimum absolute atomic E-state index is 0. The highest BCUT2D eigenvalue weighted by molar-refractivity contribution is 7.17. The van der Waals surface area contributed by atoms with Crippen molar-refractivity contribution in [3.05, 3.63) is 89.9 Å².